The highest BCUT2D eigenvalue weighted by Crippen LogP contribution is 2.19. The molecule has 0 radical (unpaired) electrons. The van der Waals surface area contributed by atoms with E-state index >= 15 is 0 Å². The SMILES string of the molecule is O=S(=O)(Cc1ccc(F)cc1)N1CCN(c2cc(-n3ccnc3)ncn2)CC1. The van der Waals surface area contributed by atoms with Crippen molar-refractivity contribution in [3.05, 3.63) is 66.8 Å². The fourth-order valence-corrected chi connectivity index (χ4v) is 4.64. The van der Waals surface area contributed by atoms with Crippen LogP contribution in [0.15, 0.2) is 55.4 Å². The molecule has 0 atom stereocenters. The average molecular weight is 402 g/mol. The summed E-state index contributed by atoms with van der Waals surface area (Å²) in [6, 6.07) is 7.40. The van der Waals surface area contributed by atoms with E-state index in [0.29, 0.717) is 37.6 Å². The molecule has 3 heterocycles. The van der Waals surface area contributed by atoms with Crippen molar-refractivity contribution < 1.29 is 12.8 Å². The van der Waals surface area contributed by atoms with Gasteiger partial charge < -0.3 is 4.90 Å². The molecule has 1 aromatic carbocycles. The predicted octanol–water partition coefficient (Wildman–Crippen LogP) is 1.45. The van der Waals surface area contributed by atoms with Crippen molar-refractivity contribution in [2.24, 2.45) is 0 Å². The Kier molecular flexibility index (Phi) is 5.05. The molecule has 0 spiro atoms. The van der Waals surface area contributed by atoms with Crippen LogP contribution in [0.4, 0.5) is 10.2 Å². The number of piperazine rings is 1. The second kappa shape index (κ2) is 7.64. The lowest BCUT2D eigenvalue weighted by molar-refractivity contribution is 0.383. The normalized spacial score (nSPS) is 15.7. The van der Waals surface area contributed by atoms with E-state index in [1.807, 2.05) is 11.0 Å². The van der Waals surface area contributed by atoms with Crippen LogP contribution in [0.25, 0.3) is 5.82 Å². The third-order valence-electron chi connectivity index (χ3n) is 4.63. The van der Waals surface area contributed by atoms with Gasteiger partial charge in [0.25, 0.3) is 0 Å². The number of anilines is 1. The fourth-order valence-electron chi connectivity index (χ4n) is 3.12. The topological polar surface area (TPSA) is 84.2 Å². The van der Waals surface area contributed by atoms with Gasteiger partial charge in [-0.05, 0) is 17.7 Å². The first-order valence-electron chi connectivity index (χ1n) is 8.79. The van der Waals surface area contributed by atoms with Crippen LogP contribution >= 0.6 is 0 Å². The van der Waals surface area contributed by atoms with E-state index in [1.165, 1.54) is 34.9 Å². The fraction of sp³-hybridized carbons (Fsp3) is 0.278. The Morgan fingerprint density at radius 2 is 1.71 bits per heavy atom. The average Bonchev–Trinajstić information content (AvgIpc) is 3.25. The van der Waals surface area contributed by atoms with Gasteiger partial charge in [0.2, 0.25) is 10.0 Å². The molecule has 0 aliphatic carbocycles. The maximum atomic E-state index is 13.0. The highest BCUT2D eigenvalue weighted by atomic mass is 32.2. The Bertz CT molecular complexity index is 1030. The smallest absolute Gasteiger partial charge is 0.218 e. The summed E-state index contributed by atoms with van der Waals surface area (Å²) >= 11 is 0. The zero-order valence-electron chi connectivity index (χ0n) is 15.0. The quantitative estimate of drug-likeness (QED) is 0.642. The minimum Gasteiger partial charge on any atom is -0.354 e. The van der Waals surface area contributed by atoms with Gasteiger partial charge in [-0.3, -0.25) is 4.57 Å². The van der Waals surface area contributed by atoms with Crippen LogP contribution in [0.1, 0.15) is 5.56 Å². The van der Waals surface area contributed by atoms with E-state index in [2.05, 4.69) is 15.0 Å². The Morgan fingerprint density at radius 1 is 1.00 bits per heavy atom. The molecule has 0 bridgehead atoms. The van der Waals surface area contributed by atoms with E-state index in [4.69, 9.17) is 0 Å². The highest BCUT2D eigenvalue weighted by Gasteiger charge is 2.27. The van der Waals surface area contributed by atoms with Crippen LogP contribution in [-0.2, 0) is 15.8 Å². The monoisotopic (exact) mass is 402 g/mol. The molecule has 10 heteroatoms. The standard InChI is InChI=1S/C18H19FN6O2S/c19-16-3-1-15(2-4-16)12-28(26,27)25-9-7-23(8-10-25)17-11-18(22-13-21-17)24-6-5-20-14-24/h1-6,11,13-14H,7-10,12H2. The number of nitrogens with zero attached hydrogens (tertiary/aromatic N) is 6. The van der Waals surface area contributed by atoms with E-state index in [0.717, 1.165) is 5.82 Å². The number of halogens is 1. The number of hydrogen-bond donors (Lipinski definition) is 0. The van der Waals surface area contributed by atoms with E-state index < -0.39 is 10.0 Å². The van der Waals surface area contributed by atoms with Crippen LogP contribution in [0.3, 0.4) is 0 Å². The van der Waals surface area contributed by atoms with Gasteiger partial charge in [-0.25, -0.2) is 27.8 Å². The summed E-state index contributed by atoms with van der Waals surface area (Å²) in [6.45, 7) is 1.80. The summed E-state index contributed by atoms with van der Waals surface area (Å²) in [5.74, 6) is 0.934. The van der Waals surface area contributed by atoms with Crippen molar-refractivity contribution in [2.45, 2.75) is 5.75 Å². The second-order valence-electron chi connectivity index (χ2n) is 6.47. The molecule has 0 saturated carbocycles. The molecule has 0 unspecified atom stereocenters. The molecule has 4 rings (SSSR count). The van der Waals surface area contributed by atoms with E-state index in [1.54, 1.807) is 23.3 Å². The highest BCUT2D eigenvalue weighted by molar-refractivity contribution is 7.88. The number of benzene rings is 1. The summed E-state index contributed by atoms with van der Waals surface area (Å²) in [7, 11) is -3.46. The maximum absolute atomic E-state index is 13.0. The van der Waals surface area contributed by atoms with Gasteiger partial charge in [-0.1, -0.05) is 12.1 Å². The molecular formula is C18H19FN6O2S. The summed E-state index contributed by atoms with van der Waals surface area (Å²) in [6.07, 6.45) is 6.62. The van der Waals surface area contributed by atoms with Crippen LogP contribution in [0, 0.1) is 5.82 Å². The van der Waals surface area contributed by atoms with Crippen molar-refractivity contribution in [1.29, 1.82) is 0 Å². The summed E-state index contributed by atoms with van der Waals surface area (Å²) < 4.78 is 41.6. The van der Waals surface area contributed by atoms with Gasteiger partial charge in [0.05, 0.1) is 5.75 Å². The molecular weight excluding hydrogens is 383 g/mol. The van der Waals surface area contributed by atoms with Gasteiger partial charge in [0.1, 0.15) is 30.1 Å². The van der Waals surface area contributed by atoms with E-state index in [9.17, 15) is 12.8 Å². The number of rotatable bonds is 5. The first-order valence-corrected chi connectivity index (χ1v) is 10.4. The molecule has 1 saturated heterocycles. The molecule has 1 aliphatic rings. The third kappa shape index (κ3) is 4.02. The zero-order valence-corrected chi connectivity index (χ0v) is 15.8. The minimum atomic E-state index is -3.46. The van der Waals surface area contributed by atoms with Gasteiger partial charge in [-0.15, -0.1) is 0 Å². The van der Waals surface area contributed by atoms with Crippen molar-refractivity contribution in [2.75, 3.05) is 31.1 Å². The number of sulfonamides is 1. The van der Waals surface area contributed by atoms with Gasteiger partial charge in [0, 0.05) is 44.6 Å². The lowest BCUT2D eigenvalue weighted by Crippen LogP contribution is -2.49. The Morgan fingerprint density at radius 3 is 2.39 bits per heavy atom. The van der Waals surface area contributed by atoms with Gasteiger partial charge >= 0.3 is 0 Å². The minimum absolute atomic E-state index is 0.133. The molecule has 1 fully saturated rings. The molecule has 146 valence electrons. The first kappa shape index (κ1) is 18.5. The third-order valence-corrected chi connectivity index (χ3v) is 6.48. The van der Waals surface area contributed by atoms with Crippen LogP contribution in [0.5, 0.6) is 0 Å². The first-order chi connectivity index (χ1) is 13.5. The largest absolute Gasteiger partial charge is 0.354 e. The maximum Gasteiger partial charge on any atom is 0.218 e. The molecule has 2 aromatic heterocycles. The number of aromatic nitrogens is 4. The molecule has 0 N–H and O–H groups in total. The Balaban J connectivity index is 1.42. The Hall–Kier alpha value is -2.85. The van der Waals surface area contributed by atoms with E-state index in [-0.39, 0.29) is 11.6 Å². The number of hydrogen-bond acceptors (Lipinski definition) is 6. The van der Waals surface area contributed by atoms with Crippen molar-refractivity contribution in [1.82, 2.24) is 23.8 Å². The van der Waals surface area contributed by atoms with Crippen molar-refractivity contribution in [3.8, 4) is 5.82 Å². The summed E-state index contributed by atoms with van der Waals surface area (Å²) in [4.78, 5) is 14.6. The van der Waals surface area contributed by atoms with Crippen molar-refractivity contribution in [3.63, 3.8) is 0 Å². The molecule has 3 aromatic rings. The van der Waals surface area contributed by atoms with Crippen molar-refractivity contribution >= 4 is 15.8 Å². The molecule has 1 aliphatic heterocycles. The van der Waals surface area contributed by atoms with Gasteiger partial charge in [0.15, 0.2) is 0 Å². The van der Waals surface area contributed by atoms with Crippen LogP contribution in [-0.4, -0.2) is 58.4 Å². The van der Waals surface area contributed by atoms with Crippen LogP contribution in [0.2, 0.25) is 0 Å². The van der Waals surface area contributed by atoms with Crippen LogP contribution < -0.4 is 4.90 Å². The summed E-state index contributed by atoms with van der Waals surface area (Å²) in [5, 5.41) is 0. The molecule has 8 nitrogen and oxygen atoms in total. The second-order valence-corrected chi connectivity index (χ2v) is 8.44. The number of imidazole rings is 1. The lowest BCUT2D eigenvalue weighted by Gasteiger charge is -2.34. The Labute approximate surface area is 162 Å². The predicted molar refractivity (Wildman–Crippen MR) is 102 cm³/mol. The zero-order chi connectivity index (χ0) is 19.6. The lowest BCUT2D eigenvalue weighted by atomic mass is 10.2. The summed E-state index contributed by atoms with van der Waals surface area (Å²) in [5.41, 5.74) is 0.574. The molecule has 28 heavy (non-hydrogen) atoms. The van der Waals surface area contributed by atoms with Gasteiger partial charge in [-0.2, -0.15) is 4.31 Å². The molecule has 0 amide bonds.